The first-order valence-electron chi connectivity index (χ1n) is 7.48. The maximum absolute atomic E-state index is 6.24. The molecule has 1 heterocycles. The van der Waals surface area contributed by atoms with Crippen LogP contribution in [0.1, 0.15) is 17.9 Å². The van der Waals surface area contributed by atoms with Crippen LogP contribution < -0.4 is 10.5 Å². The molecular formula is C18H22N2O. The second-order valence-corrected chi connectivity index (χ2v) is 5.79. The predicted octanol–water partition coefficient (Wildman–Crippen LogP) is 3.14. The lowest BCUT2D eigenvalue weighted by atomic mass is 9.88. The zero-order valence-corrected chi connectivity index (χ0v) is 12.4. The third-order valence-corrected chi connectivity index (χ3v) is 4.15. The molecule has 1 fully saturated rings. The van der Waals surface area contributed by atoms with Gasteiger partial charge in [-0.25, -0.2) is 0 Å². The summed E-state index contributed by atoms with van der Waals surface area (Å²) in [6, 6.07) is 18.3. The monoisotopic (exact) mass is 282 g/mol. The Labute approximate surface area is 126 Å². The quantitative estimate of drug-likeness (QED) is 0.879. The molecule has 3 rings (SSSR count). The molecule has 0 bridgehead atoms. The summed E-state index contributed by atoms with van der Waals surface area (Å²) in [7, 11) is 2.18. The van der Waals surface area contributed by atoms with Crippen LogP contribution in [0.5, 0.6) is 5.75 Å². The van der Waals surface area contributed by atoms with Crippen molar-refractivity contribution in [3.8, 4) is 5.75 Å². The number of hydrogen-bond acceptors (Lipinski definition) is 3. The van der Waals surface area contributed by atoms with Gasteiger partial charge in [-0.3, -0.25) is 0 Å². The molecule has 0 aliphatic carbocycles. The average molecular weight is 282 g/mol. The summed E-state index contributed by atoms with van der Waals surface area (Å²) in [5.41, 5.74) is 7.85. The number of nitrogen functional groups attached to an aromatic ring is 1. The topological polar surface area (TPSA) is 38.5 Å². The van der Waals surface area contributed by atoms with E-state index in [9.17, 15) is 0 Å². The van der Waals surface area contributed by atoms with Crippen LogP contribution in [-0.4, -0.2) is 31.1 Å². The van der Waals surface area contributed by atoms with E-state index < -0.39 is 0 Å². The van der Waals surface area contributed by atoms with E-state index >= 15 is 0 Å². The fraction of sp³-hybridized carbons (Fsp3) is 0.333. The van der Waals surface area contributed by atoms with E-state index in [-0.39, 0.29) is 6.10 Å². The largest absolute Gasteiger partial charge is 0.490 e. The molecule has 1 aliphatic rings. The molecule has 0 spiro atoms. The number of hydrogen-bond donors (Lipinski definition) is 1. The van der Waals surface area contributed by atoms with E-state index in [0.717, 1.165) is 30.9 Å². The summed E-state index contributed by atoms with van der Waals surface area (Å²) in [5.74, 6) is 1.31. The van der Waals surface area contributed by atoms with E-state index in [0.29, 0.717) is 5.92 Å². The van der Waals surface area contributed by atoms with Crippen LogP contribution in [-0.2, 0) is 0 Å². The molecular weight excluding hydrogens is 260 g/mol. The molecule has 110 valence electrons. The van der Waals surface area contributed by atoms with Gasteiger partial charge in [-0.05, 0) is 43.3 Å². The van der Waals surface area contributed by atoms with Crippen LogP contribution in [0.2, 0.25) is 0 Å². The molecule has 0 unspecified atom stereocenters. The van der Waals surface area contributed by atoms with Crippen molar-refractivity contribution in [2.24, 2.45) is 0 Å². The number of ether oxygens (including phenoxy) is 1. The number of likely N-dealkylation sites (N-methyl/N-ethyl adjacent to an activating group) is 1. The summed E-state index contributed by atoms with van der Waals surface area (Å²) in [6.07, 6.45) is 1.26. The summed E-state index contributed by atoms with van der Waals surface area (Å²) in [5, 5.41) is 0. The Kier molecular flexibility index (Phi) is 4.11. The third-order valence-electron chi connectivity index (χ3n) is 4.15. The van der Waals surface area contributed by atoms with Crippen LogP contribution >= 0.6 is 0 Å². The molecule has 3 heteroatoms. The van der Waals surface area contributed by atoms with Gasteiger partial charge in [0.1, 0.15) is 11.9 Å². The minimum absolute atomic E-state index is 0.215. The number of piperidine rings is 1. The Morgan fingerprint density at radius 3 is 2.48 bits per heavy atom. The molecule has 0 aromatic heterocycles. The summed E-state index contributed by atoms with van der Waals surface area (Å²) in [6.45, 7) is 2.10. The van der Waals surface area contributed by atoms with Gasteiger partial charge in [0.15, 0.2) is 0 Å². The van der Waals surface area contributed by atoms with Crippen LogP contribution in [0.15, 0.2) is 54.6 Å². The Hall–Kier alpha value is -2.00. The first-order chi connectivity index (χ1) is 10.2. The summed E-state index contributed by atoms with van der Waals surface area (Å²) >= 11 is 0. The molecule has 21 heavy (non-hydrogen) atoms. The molecule has 2 aromatic carbocycles. The second-order valence-electron chi connectivity index (χ2n) is 5.79. The maximum atomic E-state index is 6.24. The predicted molar refractivity (Wildman–Crippen MR) is 86.6 cm³/mol. The van der Waals surface area contributed by atoms with Gasteiger partial charge in [0.25, 0.3) is 0 Å². The Bertz CT molecular complexity index is 568. The van der Waals surface area contributed by atoms with Gasteiger partial charge in [-0.1, -0.05) is 30.3 Å². The lowest BCUT2D eigenvalue weighted by Crippen LogP contribution is -2.42. The van der Waals surface area contributed by atoms with Crippen molar-refractivity contribution in [2.75, 3.05) is 25.9 Å². The molecule has 2 aromatic rings. The van der Waals surface area contributed by atoms with Gasteiger partial charge < -0.3 is 15.4 Å². The lowest BCUT2D eigenvalue weighted by molar-refractivity contribution is 0.0902. The van der Waals surface area contributed by atoms with Crippen molar-refractivity contribution >= 4 is 5.69 Å². The van der Waals surface area contributed by atoms with E-state index in [4.69, 9.17) is 10.5 Å². The van der Waals surface area contributed by atoms with Crippen LogP contribution in [0.25, 0.3) is 0 Å². The van der Waals surface area contributed by atoms with E-state index in [1.807, 2.05) is 24.3 Å². The van der Waals surface area contributed by atoms with Crippen LogP contribution in [0.4, 0.5) is 5.69 Å². The lowest BCUT2D eigenvalue weighted by Gasteiger charge is -2.37. The highest BCUT2D eigenvalue weighted by molar-refractivity contribution is 5.41. The van der Waals surface area contributed by atoms with Crippen molar-refractivity contribution < 1.29 is 4.74 Å². The van der Waals surface area contributed by atoms with Gasteiger partial charge >= 0.3 is 0 Å². The van der Waals surface area contributed by atoms with Crippen molar-refractivity contribution in [3.05, 3.63) is 60.2 Å². The second kappa shape index (κ2) is 6.19. The van der Waals surface area contributed by atoms with Crippen LogP contribution in [0.3, 0.4) is 0 Å². The maximum Gasteiger partial charge on any atom is 0.119 e. The van der Waals surface area contributed by atoms with Gasteiger partial charge in [0.05, 0.1) is 0 Å². The standard InChI is InChI=1S/C18H22N2O/c1-20-12-11-18(21-16-9-7-15(19)8-10-16)17(13-20)14-5-3-2-4-6-14/h2-10,17-18H,11-13,19H2,1H3/t17-,18-/m1/s1. The van der Waals surface area contributed by atoms with Crippen molar-refractivity contribution in [3.63, 3.8) is 0 Å². The molecule has 2 N–H and O–H groups in total. The average Bonchev–Trinajstić information content (AvgIpc) is 2.52. The molecule has 3 nitrogen and oxygen atoms in total. The minimum atomic E-state index is 0.215. The van der Waals surface area contributed by atoms with Crippen molar-refractivity contribution in [1.29, 1.82) is 0 Å². The van der Waals surface area contributed by atoms with Gasteiger partial charge in [-0.15, -0.1) is 0 Å². The number of rotatable bonds is 3. The Balaban J connectivity index is 1.79. The molecule has 0 saturated carbocycles. The highest BCUT2D eigenvalue weighted by atomic mass is 16.5. The zero-order valence-electron chi connectivity index (χ0n) is 12.4. The Morgan fingerprint density at radius 2 is 1.76 bits per heavy atom. The van der Waals surface area contributed by atoms with Crippen molar-refractivity contribution in [2.45, 2.75) is 18.4 Å². The highest BCUT2D eigenvalue weighted by Gasteiger charge is 2.30. The normalized spacial score (nSPS) is 22.9. The smallest absolute Gasteiger partial charge is 0.119 e. The molecule has 0 radical (unpaired) electrons. The molecule has 0 amide bonds. The fourth-order valence-electron chi connectivity index (χ4n) is 2.98. The third kappa shape index (κ3) is 3.37. The molecule has 1 saturated heterocycles. The van der Waals surface area contributed by atoms with Crippen molar-refractivity contribution in [1.82, 2.24) is 4.90 Å². The van der Waals surface area contributed by atoms with E-state index in [2.05, 4.69) is 42.3 Å². The Morgan fingerprint density at radius 1 is 1.05 bits per heavy atom. The number of anilines is 1. The minimum Gasteiger partial charge on any atom is -0.490 e. The number of benzene rings is 2. The van der Waals surface area contributed by atoms with E-state index in [1.54, 1.807) is 0 Å². The van der Waals surface area contributed by atoms with Crippen LogP contribution in [0, 0.1) is 0 Å². The number of nitrogens with two attached hydrogens (primary N) is 1. The fourth-order valence-corrected chi connectivity index (χ4v) is 2.98. The van der Waals surface area contributed by atoms with E-state index in [1.165, 1.54) is 5.56 Å². The SMILES string of the molecule is CN1CC[C@@H](Oc2ccc(N)cc2)[C@@H](c2ccccc2)C1. The number of nitrogens with zero attached hydrogens (tertiary/aromatic N) is 1. The van der Waals surface area contributed by atoms with Gasteiger partial charge in [0.2, 0.25) is 0 Å². The first kappa shape index (κ1) is 14.0. The highest BCUT2D eigenvalue weighted by Crippen LogP contribution is 2.30. The molecule has 1 aliphatic heterocycles. The molecule has 2 atom stereocenters. The zero-order chi connectivity index (χ0) is 14.7. The summed E-state index contributed by atoms with van der Waals surface area (Å²) < 4.78 is 6.24. The number of likely N-dealkylation sites (tertiary alicyclic amines) is 1. The van der Waals surface area contributed by atoms with Gasteiger partial charge in [-0.2, -0.15) is 0 Å². The van der Waals surface area contributed by atoms with Gasteiger partial charge in [0, 0.05) is 24.7 Å². The summed E-state index contributed by atoms with van der Waals surface area (Å²) in [4.78, 5) is 2.38. The first-order valence-corrected chi connectivity index (χ1v) is 7.48.